The molecule has 21 heavy (non-hydrogen) atoms. The molecule has 3 atom stereocenters. The molecule has 2 rings (SSSR count). The largest absolute Gasteiger partial charge is 0.478 e. The van der Waals surface area contributed by atoms with Crippen molar-refractivity contribution in [1.82, 2.24) is 9.55 Å². The summed E-state index contributed by atoms with van der Waals surface area (Å²) in [7, 11) is 0. The monoisotopic (exact) mass is 298 g/mol. The van der Waals surface area contributed by atoms with Crippen molar-refractivity contribution in [2.75, 3.05) is 6.61 Å². The van der Waals surface area contributed by atoms with Crippen LogP contribution in [-0.2, 0) is 9.53 Å². The molecule has 114 valence electrons. The molecular formula is C12H14N2O7. The molecule has 4 N–H and O–H groups in total. The molecule has 0 aromatic carbocycles. The summed E-state index contributed by atoms with van der Waals surface area (Å²) in [4.78, 5) is 35.8. The van der Waals surface area contributed by atoms with E-state index >= 15 is 0 Å². The minimum Gasteiger partial charge on any atom is -0.478 e. The van der Waals surface area contributed by atoms with Gasteiger partial charge < -0.3 is 20.1 Å². The number of aliphatic hydroxyl groups excluding tert-OH is 2. The van der Waals surface area contributed by atoms with Gasteiger partial charge >= 0.3 is 11.7 Å². The molecule has 0 unspecified atom stereocenters. The summed E-state index contributed by atoms with van der Waals surface area (Å²) in [6, 6.07) is 0. The molecule has 0 bridgehead atoms. The van der Waals surface area contributed by atoms with Gasteiger partial charge in [-0.3, -0.25) is 14.3 Å². The zero-order valence-electron chi connectivity index (χ0n) is 10.8. The van der Waals surface area contributed by atoms with Gasteiger partial charge in [0.1, 0.15) is 12.3 Å². The molecular weight excluding hydrogens is 284 g/mol. The minimum atomic E-state index is -1.24. The Morgan fingerprint density at radius 3 is 2.81 bits per heavy atom. The van der Waals surface area contributed by atoms with Crippen LogP contribution in [0.25, 0.3) is 6.08 Å². The van der Waals surface area contributed by atoms with Gasteiger partial charge in [0.15, 0.2) is 0 Å². The van der Waals surface area contributed by atoms with E-state index in [1.165, 1.54) is 0 Å². The minimum absolute atomic E-state index is 0.0393. The molecule has 0 radical (unpaired) electrons. The Bertz CT molecular complexity index is 675. The zero-order chi connectivity index (χ0) is 15.6. The number of hydrogen-bond donors (Lipinski definition) is 4. The number of H-pyrrole nitrogens is 1. The molecule has 1 fully saturated rings. The van der Waals surface area contributed by atoms with Gasteiger partial charge in [0.05, 0.1) is 18.3 Å². The highest BCUT2D eigenvalue weighted by atomic mass is 16.5. The molecule has 0 amide bonds. The van der Waals surface area contributed by atoms with E-state index in [4.69, 9.17) is 14.9 Å². The van der Waals surface area contributed by atoms with Crippen molar-refractivity contribution in [1.29, 1.82) is 0 Å². The second-order valence-electron chi connectivity index (χ2n) is 4.54. The van der Waals surface area contributed by atoms with Gasteiger partial charge in [-0.1, -0.05) is 0 Å². The second-order valence-corrected chi connectivity index (χ2v) is 4.54. The van der Waals surface area contributed by atoms with Gasteiger partial charge in [0.25, 0.3) is 5.56 Å². The van der Waals surface area contributed by atoms with E-state index in [1.54, 1.807) is 0 Å². The van der Waals surface area contributed by atoms with Gasteiger partial charge in [0.2, 0.25) is 0 Å². The lowest BCUT2D eigenvalue weighted by Crippen LogP contribution is -2.33. The highest BCUT2D eigenvalue weighted by Gasteiger charge is 2.35. The number of rotatable bonds is 4. The van der Waals surface area contributed by atoms with E-state index < -0.39 is 42.3 Å². The van der Waals surface area contributed by atoms with Crippen LogP contribution in [0.5, 0.6) is 0 Å². The van der Waals surface area contributed by atoms with Crippen molar-refractivity contribution in [2.24, 2.45) is 0 Å². The summed E-state index contributed by atoms with van der Waals surface area (Å²) < 4.78 is 6.35. The van der Waals surface area contributed by atoms with E-state index in [-0.39, 0.29) is 12.0 Å². The lowest BCUT2D eigenvalue weighted by molar-refractivity contribution is -0.131. The normalized spacial score (nSPS) is 25.5. The topological polar surface area (TPSA) is 142 Å². The van der Waals surface area contributed by atoms with Gasteiger partial charge in [-0.15, -0.1) is 0 Å². The standard InChI is InChI=1S/C12H14N2O7/c15-5-8-7(16)3-9(21-8)14-4-6(1-2-10(17)18)11(19)13-12(14)20/h1-2,4,7-9,15-16H,3,5H2,(H,17,18)(H,13,19,20)/t7-,8+,9-/m1/s1. The van der Waals surface area contributed by atoms with E-state index in [0.29, 0.717) is 0 Å². The molecule has 0 aliphatic carbocycles. The van der Waals surface area contributed by atoms with Crippen LogP contribution in [0.1, 0.15) is 18.2 Å². The van der Waals surface area contributed by atoms with Crippen molar-refractivity contribution in [3.63, 3.8) is 0 Å². The van der Waals surface area contributed by atoms with E-state index in [1.807, 2.05) is 4.98 Å². The number of carbonyl (C=O) groups is 1. The first-order chi connectivity index (χ1) is 9.92. The number of hydrogen-bond acceptors (Lipinski definition) is 6. The van der Waals surface area contributed by atoms with Crippen LogP contribution in [0, 0.1) is 0 Å². The summed E-state index contributed by atoms with van der Waals surface area (Å²) in [5.74, 6) is -1.24. The Balaban J connectivity index is 2.37. The fourth-order valence-corrected chi connectivity index (χ4v) is 2.04. The first-order valence-corrected chi connectivity index (χ1v) is 6.13. The second kappa shape index (κ2) is 6.04. The van der Waals surface area contributed by atoms with Crippen molar-refractivity contribution in [3.8, 4) is 0 Å². The number of ether oxygens (including phenoxy) is 1. The summed E-state index contributed by atoms with van der Waals surface area (Å²) in [6.07, 6.45) is 0.436. The molecule has 1 aliphatic heterocycles. The fraction of sp³-hybridized carbons (Fsp3) is 0.417. The molecule has 0 saturated carbocycles. The average molecular weight is 298 g/mol. The zero-order valence-corrected chi connectivity index (χ0v) is 10.8. The average Bonchev–Trinajstić information content (AvgIpc) is 2.78. The number of nitrogens with zero attached hydrogens (tertiary/aromatic N) is 1. The fourth-order valence-electron chi connectivity index (χ4n) is 2.04. The highest BCUT2D eigenvalue weighted by Crippen LogP contribution is 2.27. The number of aromatic amines is 1. The van der Waals surface area contributed by atoms with E-state index in [9.17, 15) is 19.5 Å². The lowest BCUT2D eigenvalue weighted by atomic mass is 10.2. The first-order valence-electron chi connectivity index (χ1n) is 6.13. The third kappa shape index (κ3) is 3.27. The lowest BCUT2D eigenvalue weighted by Gasteiger charge is -2.14. The summed E-state index contributed by atoms with van der Waals surface area (Å²) in [5, 5.41) is 27.2. The van der Waals surface area contributed by atoms with Crippen molar-refractivity contribution >= 4 is 12.0 Å². The van der Waals surface area contributed by atoms with Gasteiger partial charge in [-0.05, 0) is 6.08 Å². The Labute approximate surface area is 117 Å². The Morgan fingerprint density at radius 2 is 2.24 bits per heavy atom. The van der Waals surface area contributed by atoms with Crippen LogP contribution in [0.15, 0.2) is 21.9 Å². The summed E-state index contributed by atoms with van der Waals surface area (Å²) >= 11 is 0. The Hall–Kier alpha value is -2.23. The van der Waals surface area contributed by atoms with Gasteiger partial charge in [0, 0.05) is 18.7 Å². The van der Waals surface area contributed by atoms with Crippen molar-refractivity contribution in [3.05, 3.63) is 38.7 Å². The predicted octanol–water partition coefficient (Wildman–Crippen LogP) is -1.72. The van der Waals surface area contributed by atoms with Crippen molar-refractivity contribution in [2.45, 2.75) is 24.9 Å². The maximum Gasteiger partial charge on any atom is 0.330 e. The molecule has 1 saturated heterocycles. The SMILES string of the molecule is O=C(O)C=Cc1cn([C@H]2C[C@@H](O)[C@H](CO)O2)c(=O)[nH]c1=O. The van der Waals surface area contributed by atoms with E-state index in [2.05, 4.69) is 0 Å². The predicted molar refractivity (Wildman–Crippen MR) is 69.6 cm³/mol. The van der Waals surface area contributed by atoms with Crippen LogP contribution < -0.4 is 11.2 Å². The van der Waals surface area contributed by atoms with Crippen molar-refractivity contribution < 1.29 is 24.9 Å². The molecule has 1 aromatic heterocycles. The van der Waals surface area contributed by atoms with Crippen LogP contribution in [0.3, 0.4) is 0 Å². The molecule has 9 heteroatoms. The van der Waals surface area contributed by atoms with E-state index in [0.717, 1.165) is 22.9 Å². The number of aliphatic hydroxyl groups is 2. The van der Waals surface area contributed by atoms with Gasteiger partial charge in [-0.2, -0.15) is 0 Å². The highest BCUT2D eigenvalue weighted by molar-refractivity contribution is 5.85. The molecule has 1 aliphatic rings. The number of carboxylic acids is 1. The van der Waals surface area contributed by atoms with Gasteiger partial charge in [-0.25, -0.2) is 9.59 Å². The number of nitrogens with one attached hydrogen (secondary N) is 1. The molecule has 2 heterocycles. The maximum atomic E-state index is 11.8. The number of carboxylic acid groups (broad SMARTS) is 1. The maximum absolute atomic E-state index is 11.8. The van der Waals surface area contributed by atoms with Crippen LogP contribution in [0.4, 0.5) is 0 Å². The smallest absolute Gasteiger partial charge is 0.330 e. The third-order valence-electron chi connectivity index (χ3n) is 3.10. The quantitative estimate of drug-likeness (QED) is 0.484. The molecule has 0 spiro atoms. The van der Waals surface area contributed by atoms with Crippen LogP contribution in [0.2, 0.25) is 0 Å². The molecule has 9 nitrogen and oxygen atoms in total. The van der Waals surface area contributed by atoms with Crippen LogP contribution >= 0.6 is 0 Å². The Kier molecular flexibility index (Phi) is 4.36. The Morgan fingerprint density at radius 1 is 1.52 bits per heavy atom. The number of aliphatic carboxylic acids is 1. The summed E-state index contributed by atoms with van der Waals surface area (Å²) in [6.45, 7) is -0.401. The number of aromatic nitrogens is 2. The summed E-state index contributed by atoms with van der Waals surface area (Å²) in [5.41, 5.74) is -1.52. The van der Waals surface area contributed by atoms with Crippen LogP contribution in [-0.4, -0.2) is 49.7 Å². The molecule has 1 aromatic rings. The third-order valence-corrected chi connectivity index (χ3v) is 3.10. The first kappa shape index (κ1) is 15.2.